The molecule has 0 saturated carbocycles. The van der Waals surface area contributed by atoms with E-state index in [-0.39, 0.29) is 0 Å². The van der Waals surface area contributed by atoms with Gasteiger partial charge in [0.25, 0.3) is 0 Å². The van der Waals surface area contributed by atoms with Crippen LogP contribution in [0, 0.1) is 5.41 Å². The molecular weight excluding hydrogens is 105 g/mol. The van der Waals surface area contributed by atoms with Gasteiger partial charge >= 0.3 is 0 Å². The van der Waals surface area contributed by atoms with E-state index in [1.807, 2.05) is 0 Å². The molecule has 1 N–H and O–H groups in total. The van der Waals surface area contributed by atoms with Gasteiger partial charge in [0, 0.05) is 5.71 Å². The summed E-state index contributed by atoms with van der Waals surface area (Å²) < 4.78 is 12.2. The van der Waals surface area contributed by atoms with Crippen LogP contribution in [0.1, 0.15) is 12.8 Å². The molecule has 44 valence electrons. The predicted molar refractivity (Wildman–Crippen MR) is 31.0 cm³/mol. The van der Waals surface area contributed by atoms with Crippen LogP contribution in [0.2, 0.25) is 0 Å². The summed E-state index contributed by atoms with van der Waals surface area (Å²) in [6, 6.07) is 0. The first-order chi connectivity index (χ1) is 3.79. The first-order valence-electron chi connectivity index (χ1n) is 2.69. The van der Waals surface area contributed by atoms with E-state index in [9.17, 15) is 4.39 Å². The zero-order chi connectivity index (χ0) is 5.98. The molecule has 1 aliphatic carbocycles. The van der Waals surface area contributed by atoms with E-state index >= 15 is 0 Å². The molecule has 0 aromatic heterocycles. The van der Waals surface area contributed by atoms with E-state index in [1.165, 1.54) is 12.2 Å². The van der Waals surface area contributed by atoms with Crippen LogP contribution >= 0.6 is 0 Å². The lowest BCUT2D eigenvalue weighted by molar-refractivity contribution is 0.380. The zero-order valence-corrected chi connectivity index (χ0v) is 4.52. The molecule has 1 nitrogen and oxygen atoms in total. The highest BCUT2D eigenvalue weighted by Crippen LogP contribution is 2.09. The lowest BCUT2D eigenvalue weighted by Gasteiger charge is -2.06. The SMILES string of the molecule is N=C1C=CC(F)CC1. The fraction of sp³-hybridized carbons (Fsp3) is 0.500. The summed E-state index contributed by atoms with van der Waals surface area (Å²) in [5, 5.41) is 7.03. The van der Waals surface area contributed by atoms with Gasteiger partial charge in [0.1, 0.15) is 6.17 Å². The highest BCUT2D eigenvalue weighted by Gasteiger charge is 2.07. The predicted octanol–water partition coefficient (Wildman–Crippen LogP) is 1.69. The molecule has 0 fully saturated rings. The fourth-order valence-electron chi connectivity index (χ4n) is 0.694. The number of alkyl halides is 1. The molecular formula is C6H8FN. The maximum Gasteiger partial charge on any atom is 0.119 e. The van der Waals surface area contributed by atoms with Gasteiger partial charge in [-0.25, -0.2) is 4.39 Å². The highest BCUT2D eigenvalue weighted by atomic mass is 19.1. The number of halogens is 1. The van der Waals surface area contributed by atoms with Crippen LogP contribution in [0.3, 0.4) is 0 Å². The molecule has 0 heterocycles. The maximum atomic E-state index is 12.2. The van der Waals surface area contributed by atoms with Crippen LogP contribution in [0.5, 0.6) is 0 Å². The third-order valence-corrected chi connectivity index (χ3v) is 1.20. The smallest absolute Gasteiger partial charge is 0.119 e. The van der Waals surface area contributed by atoms with Crippen molar-refractivity contribution in [2.45, 2.75) is 19.0 Å². The molecule has 2 heteroatoms. The molecule has 0 bridgehead atoms. The Balaban J connectivity index is 2.55. The second-order valence-corrected chi connectivity index (χ2v) is 1.94. The molecule has 8 heavy (non-hydrogen) atoms. The van der Waals surface area contributed by atoms with Crippen molar-refractivity contribution >= 4 is 5.71 Å². The zero-order valence-electron chi connectivity index (χ0n) is 4.52. The lowest BCUT2D eigenvalue weighted by atomic mass is 10.1. The highest BCUT2D eigenvalue weighted by molar-refractivity contribution is 5.93. The average molecular weight is 113 g/mol. The van der Waals surface area contributed by atoms with Crippen molar-refractivity contribution in [1.82, 2.24) is 0 Å². The van der Waals surface area contributed by atoms with Crippen molar-refractivity contribution < 1.29 is 4.39 Å². The van der Waals surface area contributed by atoms with Crippen LogP contribution in [0.25, 0.3) is 0 Å². The fourth-order valence-corrected chi connectivity index (χ4v) is 0.694. The van der Waals surface area contributed by atoms with Gasteiger partial charge < -0.3 is 5.41 Å². The Morgan fingerprint density at radius 2 is 2.50 bits per heavy atom. The second-order valence-electron chi connectivity index (χ2n) is 1.94. The van der Waals surface area contributed by atoms with Crippen molar-refractivity contribution in [1.29, 1.82) is 5.41 Å². The van der Waals surface area contributed by atoms with E-state index in [2.05, 4.69) is 0 Å². The Bertz CT molecular complexity index is 128. The Hall–Kier alpha value is -0.660. The summed E-state index contributed by atoms with van der Waals surface area (Å²) in [6.07, 6.45) is 3.26. The van der Waals surface area contributed by atoms with Gasteiger partial charge in [0.15, 0.2) is 0 Å². The molecule has 0 amide bonds. The molecule has 0 radical (unpaired) electrons. The molecule has 0 aliphatic heterocycles. The van der Waals surface area contributed by atoms with Gasteiger partial charge in [0.2, 0.25) is 0 Å². The Labute approximate surface area is 47.7 Å². The minimum atomic E-state index is -0.802. The van der Waals surface area contributed by atoms with E-state index in [0.29, 0.717) is 18.6 Å². The molecule has 0 spiro atoms. The summed E-state index contributed by atoms with van der Waals surface area (Å²) in [5.74, 6) is 0. The monoisotopic (exact) mass is 113 g/mol. The minimum absolute atomic E-state index is 0.495. The standard InChI is InChI=1S/C6H8FN/c7-5-1-3-6(8)4-2-5/h1,3,5,8H,2,4H2. The van der Waals surface area contributed by atoms with Gasteiger partial charge in [-0.1, -0.05) is 0 Å². The van der Waals surface area contributed by atoms with E-state index in [4.69, 9.17) is 5.41 Å². The normalized spacial score (nSPS) is 28.6. The largest absolute Gasteiger partial charge is 0.305 e. The van der Waals surface area contributed by atoms with Crippen LogP contribution in [-0.4, -0.2) is 11.9 Å². The quantitative estimate of drug-likeness (QED) is 0.494. The van der Waals surface area contributed by atoms with Crippen molar-refractivity contribution in [3.05, 3.63) is 12.2 Å². The Morgan fingerprint density at radius 1 is 1.75 bits per heavy atom. The maximum absolute atomic E-state index is 12.2. The number of nitrogens with one attached hydrogen (secondary N) is 1. The van der Waals surface area contributed by atoms with Crippen molar-refractivity contribution in [2.75, 3.05) is 0 Å². The van der Waals surface area contributed by atoms with Gasteiger partial charge in [-0.2, -0.15) is 0 Å². The summed E-state index contributed by atoms with van der Waals surface area (Å²) in [7, 11) is 0. The molecule has 1 atom stereocenters. The molecule has 1 unspecified atom stereocenters. The third-order valence-electron chi connectivity index (χ3n) is 1.20. The van der Waals surface area contributed by atoms with Crippen molar-refractivity contribution in [3.8, 4) is 0 Å². The lowest BCUT2D eigenvalue weighted by Crippen LogP contribution is -2.06. The average Bonchev–Trinajstić information content (AvgIpc) is 1.77. The van der Waals surface area contributed by atoms with E-state index in [1.54, 1.807) is 0 Å². The molecule has 0 aromatic carbocycles. The number of allylic oxidation sites excluding steroid dienone is 2. The van der Waals surface area contributed by atoms with Gasteiger partial charge in [-0.15, -0.1) is 0 Å². The number of hydrogen-bond donors (Lipinski definition) is 1. The van der Waals surface area contributed by atoms with Crippen LogP contribution in [0.15, 0.2) is 12.2 Å². The molecule has 0 aromatic rings. The van der Waals surface area contributed by atoms with Crippen LogP contribution in [-0.2, 0) is 0 Å². The Morgan fingerprint density at radius 3 is 2.88 bits per heavy atom. The molecule has 1 aliphatic rings. The van der Waals surface area contributed by atoms with E-state index in [0.717, 1.165) is 0 Å². The number of rotatable bonds is 0. The summed E-state index contributed by atoms with van der Waals surface area (Å²) in [4.78, 5) is 0. The number of hydrogen-bond acceptors (Lipinski definition) is 1. The second kappa shape index (κ2) is 2.07. The summed E-state index contributed by atoms with van der Waals surface area (Å²) in [5.41, 5.74) is 0.541. The van der Waals surface area contributed by atoms with Crippen molar-refractivity contribution in [3.63, 3.8) is 0 Å². The van der Waals surface area contributed by atoms with E-state index < -0.39 is 6.17 Å². The topological polar surface area (TPSA) is 23.9 Å². The first kappa shape index (κ1) is 5.48. The van der Waals surface area contributed by atoms with Crippen LogP contribution < -0.4 is 0 Å². The van der Waals surface area contributed by atoms with Gasteiger partial charge in [-0.05, 0) is 25.0 Å². The molecule has 1 rings (SSSR count). The summed E-state index contributed by atoms with van der Waals surface area (Å²) >= 11 is 0. The summed E-state index contributed by atoms with van der Waals surface area (Å²) in [6.45, 7) is 0. The molecule has 0 saturated heterocycles. The van der Waals surface area contributed by atoms with Gasteiger partial charge in [-0.3, -0.25) is 0 Å². The Kier molecular flexibility index (Phi) is 1.42. The van der Waals surface area contributed by atoms with Crippen molar-refractivity contribution in [2.24, 2.45) is 0 Å². The van der Waals surface area contributed by atoms with Crippen LogP contribution in [0.4, 0.5) is 4.39 Å². The minimum Gasteiger partial charge on any atom is -0.305 e. The first-order valence-corrected chi connectivity index (χ1v) is 2.69. The third kappa shape index (κ3) is 1.15. The van der Waals surface area contributed by atoms with Gasteiger partial charge in [0.05, 0.1) is 0 Å².